The monoisotopic (exact) mass is 263 g/mol. The lowest BCUT2D eigenvalue weighted by atomic mass is 10.1. The first-order valence-corrected chi connectivity index (χ1v) is 7.25. The normalized spacial score (nSPS) is 11.9. The third-order valence-corrected chi connectivity index (χ3v) is 2.98. The van der Waals surface area contributed by atoms with Crippen molar-refractivity contribution in [2.24, 2.45) is 5.92 Å². The van der Waals surface area contributed by atoms with Gasteiger partial charge in [-0.3, -0.25) is 0 Å². The lowest BCUT2D eigenvalue weighted by molar-refractivity contribution is 0.285. The Kier molecular flexibility index (Phi) is 5.86. The zero-order valence-corrected chi connectivity index (χ0v) is 13.3. The van der Waals surface area contributed by atoms with E-state index in [0.717, 1.165) is 25.3 Å². The van der Waals surface area contributed by atoms with Gasteiger partial charge < -0.3 is 10.1 Å². The molecule has 1 N–H and O–H groups in total. The van der Waals surface area contributed by atoms with E-state index in [2.05, 4.69) is 65.1 Å². The number of benzene rings is 1. The first kappa shape index (κ1) is 16.0. The van der Waals surface area contributed by atoms with Gasteiger partial charge in [-0.25, -0.2) is 0 Å². The maximum Gasteiger partial charge on any atom is 0.123 e. The summed E-state index contributed by atoms with van der Waals surface area (Å²) < 4.78 is 5.93. The van der Waals surface area contributed by atoms with Gasteiger partial charge in [0.25, 0.3) is 0 Å². The number of hydrogen-bond donors (Lipinski definition) is 1. The van der Waals surface area contributed by atoms with Gasteiger partial charge in [0, 0.05) is 17.6 Å². The van der Waals surface area contributed by atoms with Crippen LogP contribution in [0.4, 0.5) is 0 Å². The Morgan fingerprint density at radius 2 is 1.89 bits per heavy atom. The molecule has 108 valence electrons. The Balaban J connectivity index is 2.68. The lowest BCUT2D eigenvalue weighted by Gasteiger charge is -2.22. The quantitative estimate of drug-likeness (QED) is 0.826. The van der Waals surface area contributed by atoms with E-state index in [1.807, 2.05) is 0 Å². The summed E-state index contributed by atoms with van der Waals surface area (Å²) in [5.74, 6) is 1.70. The fraction of sp³-hybridized carbons (Fsp3) is 0.647. The van der Waals surface area contributed by atoms with E-state index in [0.29, 0.717) is 5.92 Å². The van der Waals surface area contributed by atoms with Crippen LogP contribution >= 0.6 is 0 Å². The summed E-state index contributed by atoms with van der Waals surface area (Å²) in [6.45, 7) is 14.8. The van der Waals surface area contributed by atoms with Crippen molar-refractivity contribution in [3.8, 4) is 5.75 Å². The van der Waals surface area contributed by atoms with Gasteiger partial charge in [-0.2, -0.15) is 0 Å². The first-order chi connectivity index (χ1) is 8.78. The second-order valence-electron chi connectivity index (χ2n) is 6.75. The highest BCUT2D eigenvalue weighted by molar-refractivity contribution is 5.36. The topological polar surface area (TPSA) is 21.3 Å². The summed E-state index contributed by atoms with van der Waals surface area (Å²) in [4.78, 5) is 0. The van der Waals surface area contributed by atoms with Gasteiger partial charge in [-0.1, -0.05) is 31.5 Å². The fourth-order valence-corrected chi connectivity index (χ4v) is 1.75. The van der Waals surface area contributed by atoms with Gasteiger partial charge in [0.15, 0.2) is 0 Å². The highest BCUT2D eigenvalue weighted by atomic mass is 16.5. The van der Waals surface area contributed by atoms with E-state index in [9.17, 15) is 0 Å². The van der Waals surface area contributed by atoms with Gasteiger partial charge >= 0.3 is 0 Å². The van der Waals surface area contributed by atoms with E-state index < -0.39 is 0 Å². The predicted octanol–water partition coefficient (Wildman–Crippen LogP) is 4.31. The zero-order valence-electron chi connectivity index (χ0n) is 13.3. The molecule has 2 heteroatoms. The highest BCUT2D eigenvalue weighted by Gasteiger charge is 2.11. The number of rotatable bonds is 6. The van der Waals surface area contributed by atoms with E-state index in [1.54, 1.807) is 0 Å². The van der Waals surface area contributed by atoms with Crippen molar-refractivity contribution in [2.75, 3.05) is 6.61 Å². The molecule has 0 bridgehead atoms. The van der Waals surface area contributed by atoms with Gasteiger partial charge in [0.05, 0.1) is 6.61 Å². The van der Waals surface area contributed by atoms with Crippen molar-refractivity contribution in [3.63, 3.8) is 0 Å². The highest BCUT2D eigenvalue weighted by Crippen LogP contribution is 2.21. The van der Waals surface area contributed by atoms with Crippen molar-refractivity contribution in [2.45, 2.75) is 60.0 Å². The number of nitrogens with one attached hydrogen (secondary N) is 1. The smallest absolute Gasteiger partial charge is 0.123 e. The summed E-state index contributed by atoms with van der Waals surface area (Å²) in [6.07, 6.45) is 1.10. The Morgan fingerprint density at radius 3 is 2.47 bits per heavy atom. The molecule has 1 rings (SSSR count). The SMILES string of the molecule is Cc1ccc(OCCC(C)C)c(CNC(C)(C)C)c1. The molecule has 2 nitrogen and oxygen atoms in total. The molecule has 0 unspecified atom stereocenters. The molecule has 0 aromatic heterocycles. The van der Waals surface area contributed by atoms with Crippen molar-refractivity contribution in [1.29, 1.82) is 0 Å². The lowest BCUT2D eigenvalue weighted by Crippen LogP contribution is -2.35. The molecule has 1 aromatic carbocycles. The number of ether oxygens (including phenoxy) is 1. The van der Waals surface area contributed by atoms with Crippen LogP contribution in [0.5, 0.6) is 5.75 Å². The molecular formula is C17H29NO. The van der Waals surface area contributed by atoms with Crippen LogP contribution < -0.4 is 10.1 Å². The van der Waals surface area contributed by atoms with Gasteiger partial charge in [-0.05, 0) is 46.1 Å². The van der Waals surface area contributed by atoms with Crippen LogP contribution in [-0.2, 0) is 6.54 Å². The maximum absolute atomic E-state index is 5.93. The summed E-state index contributed by atoms with van der Waals surface area (Å²) >= 11 is 0. The predicted molar refractivity (Wildman–Crippen MR) is 82.7 cm³/mol. The van der Waals surface area contributed by atoms with Crippen LogP contribution in [0.2, 0.25) is 0 Å². The van der Waals surface area contributed by atoms with Crippen molar-refractivity contribution in [3.05, 3.63) is 29.3 Å². The standard InChI is InChI=1S/C17H29NO/c1-13(2)9-10-19-16-8-7-14(3)11-15(16)12-18-17(4,5)6/h7-8,11,13,18H,9-10,12H2,1-6H3. The fourth-order valence-electron chi connectivity index (χ4n) is 1.75. The molecule has 0 spiro atoms. The first-order valence-electron chi connectivity index (χ1n) is 7.25. The molecule has 0 atom stereocenters. The summed E-state index contributed by atoms with van der Waals surface area (Å²) in [7, 11) is 0. The minimum Gasteiger partial charge on any atom is -0.493 e. The Bertz CT molecular complexity index is 391. The van der Waals surface area contributed by atoms with Crippen LogP contribution in [0.25, 0.3) is 0 Å². The molecule has 0 aliphatic rings. The van der Waals surface area contributed by atoms with Crippen LogP contribution in [0.1, 0.15) is 52.2 Å². The van der Waals surface area contributed by atoms with Gasteiger partial charge in [0.2, 0.25) is 0 Å². The summed E-state index contributed by atoms with van der Waals surface area (Å²) in [6, 6.07) is 6.42. The van der Waals surface area contributed by atoms with Gasteiger partial charge in [-0.15, -0.1) is 0 Å². The molecular weight excluding hydrogens is 234 g/mol. The number of hydrogen-bond acceptors (Lipinski definition) is 2. The Morgan fingerprint density at radius 1 is 1.21 bits per heavy atom. The van der Waals surface area contributed by atoms with E-state index >= 15 is 0 Å². The average Bonchev–Trinajstić information content (AvgIpc) is 2.27. The summed E-state index contributed by atoms with van der Waals surface area (Å²) in [5, 5.41) is 3.52. The summed E-state index contributed by atoms with van der Waals surface area (Å²) in [5.41, 5.74) is 2.65. The average molecular weight is 263 g/mol. The maximum atomic E-state index is 5.93. The molecule has 0 fully saturated rings. The third kappa shape index (κ3) is 6.63. The molecule has 0 radical (unpaired) electrons. The minimum atomic E-state index is 0.124. The van der Waals surface area contributed by atoms with Crippen molar-refractivity contribution in [1.82, 2.24) is 5.32 Å². The molecule has 0 saturated heterocycles. The minimum absolute atomic E-state index is 0.124. The molecule has 0 amide bonds. The molecule has 0 aliphatic carbocycles. The molecule has 0 aliphatic heterocycles. The Labute approximate surface area is 118 Å². The number of aryl methyl sites for hydroxylation is 1. The zero-order chi connectivity index (χ0) is 14.5. The molecule has 19 heavy (non-hydrogen) atoms. The van der Waals surface area contributed by atoms with Crippen LogP contribution in [0.3, 0.4) is 0 Å². The Hall–Kier alpha value is -1.02. The van der Waals surface area contributed by atoms with Crippen LogP contribution in [0.15, 0.2) is 18.2 Å². The molecule has 1 aromatic rings. The van der Waals surface area contributed by atoms with Crippen LogP contribution in [-0.4, -0.2) is 12.1 Å². The van der Waals surface area contributed by atoms with E-state index in [4.69, 9.17) is 4.74 Å². The van der Waals surface area contributed by atoms with E-state index in [1.165, 1.54) is 11.1 Å². The largest absolute Gasteiger partial charge is 0.493 e. The molecule has 0 heterocycles. The van der Waals surface area contributed by atoms with Crippen LogP contribution in [0, 0.1) is 12.8 Å². The third-order valence-electron chi connectivity index (χ3n) is 2.98. The second kappa shape index (κ2) is 6.95. The second-order valence-corrected chi connectivity index (χ2v) is 6.75. The van der Waals surface area contributed by atoms with E-state index in [-0.39, 0.29) is 5.54 Å². The van der Waals surface area contributed by atoms with Gasteiger partial charge in [0.1, 0.15) is 5.75 Å². The molecule has 0 saturated carbocycles. The van der Waals surface area contributed by atoms with Crippen molar-refractivity contribution < 1.29 is 4.74 Å². The van der Waals surface area contributed by atoms with Crippen molar-refractivity contribution >= 4 is 0 Å².